The van der Waals surface area contributed by atoms with Crippen LogP contribution in [-0.2, 0) is 9.59 Å². The summed E-state index contributed by atoms with van der Waals surface area (Å²) in [4.78, 5) is 28.1. The lowest BCUT2D eigenvalue weighted by Gasteiger charge is -2.05. The molecular weight excluding hydrogens is 264 g/mol. The molecule has 0 bridgehead atoms. The van der Waals surface area contributed by atoms with E-state index in [1.165, 1.54) is 12.4 Å². The third-order valence-electron chi connectivity index (χ3n) is 2.23. The van der Waals surface area contributed by atoms with Crippen molar-refractivity contribution in [2.75, 3.05) is 13.1 Å². The van der Waals surface area contributed by atoms with Gasteiger partial charge in [-0.25, -0.2) is 0 Å². The van der Waals surface area contributed by atoms with Gasteiger partial charge in [-0.05, 0) is 24.6 Å². The Morgan fingerprint density at radius 1 is 1.05 bits per heavy atom. The number of phenolic OH excluding ortho intramolecular Hbond substituents is 1. The van der Waals surface area contributed by atoms with E-state index in [1.807, 2.05) is 0 Å². The standard InChI is InChI=1S/C13H14N2O5/c1-8-2-9(4-14-6-11(16)17)13(20)10(3-8)5-15-7-12(18)19/h2-5,20H,6-7H2,1H3,(H,16,17)(H,18,19). The second-order valence-electron chi connectivity index (χ2n) is 4.02. The van der Waals surface area contributed by atoms with Gasteiger partial charge in [0.15, 0.2) is 0 Å². The van der Waals surface area contributed by atoms with Crippen LogP contribution in [0.4, 0.5) is 0 Å². The maximum atomic E-state index is 10.4. The molecule has 0 saturated heterocycles. The zero-order valence-corrected chi connectivity index (χ0v) is 10.8. The highest BCUT2D eigenvalue weighted by molar-refractivity contribution is 5.93. The minimum Gasteiger partial charge on any atom is -0.507 e. The van der Waals surface area contributed by atoms with E-state index < -0.39 is 25.0 Å². The quantitative estimate of drug-likeness (QED) is 0.662. The Morgan fingerprint density at radius 2 is 1.45 bits per heavy atom. The fraction of sp³-hybridized carbons (Fsp3) is 0.231. The van der Waals surface area contributed by atoms with Gasteiger partial charge in [0, 0.05) is 23.6 Å². The molecule has 1 aromatic rings. The monoisotopic (exact) mass is 278 g/mol. The fourth-order valence-electron chi connectivity index (χ4n) is 1.48. The van der Waals surface area contributed by atoms with Crippen molar-refractivity contribution in [1.29, 1.82) is 0 Å². The second-order valence-corrected chi connectivity index (χ2v) is 4.02. The van der Waals surface area contributed by atoms with Crippen LogP contribution in [0.15, 0.2) is 22.1 Å². The first kappa shape index (κ1) is 15.4. The van der Waals surface area contributed by atoms with Crippen LogP contribution < -0.4 is 0 Å². The topological polar surface area (TPSA) is 120 Å². The molecule has 1 aromatic carbocycles. The molecule has 7 nitrogen and oxygen atoms in total. The normalized spacial score (nSPS) is 11.2. The summed E-state index contributed by atoms with van der Waals surface area (Å²) in [6.07, 6.45) is 2.51. The van der Waals surface area contributed by atoms with Crippen molar-refractivity contribution >= 4 is 24.4 Å². The van der Waals surface area contributed by atoms with Crippen molar-refractivity contribution in [3.05, 3.63) is 28.8 Å². The third kappa shape index (κ3) is 4.89. The number of aromatic hydroxyl groups is 1. The number of carboxylic acid groups (broad SMARTS) is 2. The molecule has 106 valence electrons. The number of phenols is 1. The van der Waals surface area contributed by atoms with Gasteiger partial charge in [-0.2, -0.15) is 0 Å². The van der Waals surface area contributed by atoms with E-state index in [-0.39, 0.29) is 5.75 Å². The molecule has 0 aliphatic rings. The summed E-state index contributed by atoms with van der Waals surface area (Å²) in [7, 11) is 0. The maximum absolute atomic E-state index is 10.4. The Morgan fingerprint density at radius 3 is 1.80 bits per heavy atom. The summed E-state index contributed by atoms with van der Waals surface area (Å²) < 4.78 is 0. The van der Waals surface area contributed by atoms with Crippen molar-refractivity contribution in [1.82, 2.24) is 0 Å². The number of nitrogens with zero attached hydrogens (tertiary/aromatic N) is 2. The lowest BCUT2D eigenvalue weighted by Crippen LogP contribution is -2.01. The van der Waals surface area contributed by atoms with Gasteiger partial charge in [0.25, 0.3) is 0 Å². The van der Waals surface area contributed by atoms with Crippen molar-refractivity contribution in [2.45, 2.75) is 6.92 Å². The Hall–Kier alpha value is -2.70. The number of benzene rings is 1. The Bertz CT molecular complexity index is 531. The molecule has 0 heterocycles. The van der Waals surface area contributed by atoms with E-state index in [9.17, 15) is 14.7 Å². The molecule has 0 aliphatic carbocycles. The number of carbonyl (C=O) groups is 2. The summed E-state index contributed by atoms with van der Waals surface area (Å²) in [6.45, 7) is 0.994. The van der Waals surface area contributed by atoms with Gasteiger partial charge in [0.2, 0.25) is 0 Å². The number of aryl methyl sites for hydroxylation is 1. The number of aliphatic carboxylic acids is 2. The highest BCUT2D eigenvalue weighted by atomic mass is 16.4. The Labute approximate surface area is 114 Å². The van der Waals surface area contributed by atoms with E-state index in [0.717, 1.165) is 5.56 Å². The number of carboxylic acids is 2. The summed E-state index contributed by atoms with van der Waals surface area (Å²) >= 11 is 0. The van der Waals surface area contributed by atoms with Crippen LogP contribution in [0, 0.1) is 6.92 Å². The zero-order chi connectivity index (χ0) is 15.1. The van der Waals surface area contributed by atoms with Crippen LogP contribution in [-0.4, -0.2) is 52.8 Å². The predicted molar refractivity (Wildman–Crippen MR) is 73.0 cm³/mol. The number of hydrogen-bond donors (Lipinski definition) is 3. The zero-order valence-electron chi connectivity index (χ0n) is 10.8. The van der Waals surface area contributed by atoms with Crippen molar-refractivity contribution < 1.29 is 24.9 Å². The second kappa shape index (κ2) is 7.03. The van der Waals surface area contributed by atoms with Crippen LogP contribution in [0.25, 0.3) is 0 Å². The summed E-state index contributed by atoms with van der Waals surface area (Å²) in [5, 5.41) is 26.9. The SMILES string of the molecule is Cc1cc(C=NCC(=O)O)c(O)c(C=NCC(=O)O)c1. The maximum Gasteiger partial charge on any atom is 0.325 e. The molecule has 0 unspecified atom stereocenters. The molecule has 0 saturated carbocycles. The van der Waals surface area contributed by atoms with E-state index in [0.29, 0.717) is 11.1 Å². The lowest BCUT2D eigenvalue weighted by atomic mass is 10.1. The molecule has 0 aromatic heterocycles. The van der Waals surface area contributed by atoms with Gasteiger partial charge >= 0.3 is 11.9 Å². The largest absolute Gasteiger partial charge is 0.507 e. The third-order valence-corrected chi connectivity index (χ3v) is 2.23. The Balaban J connectivity index is 3.00. The van der Waals surface area contributed by atoms with Gasteiger partial charge in [0.1, 0.15) is 18.8 Å². The van der Waals surface area contributed by atoms with Crippen LogP contribution in [0.3, 0.4) is 0 Å². The summed E-state index contributed by atoms with van der Waals surface area (Å²) in [5.74, 6) is -2.27. The number of aliphatic imine (C=N–C) groups is 2. The van der Waals surface area contributed by atoms with Crippen molar-refractivity contribution in [2.24, 2.45) is 9.98 Å². The molecule has 20 heavy (non-hydrogen) atoms. The van der Waals surface area contributed by atoms with Crippen LogP contribution >= 0.6 is 0 Å². The lowest BCUT2D eigenvalue weighted by molar-refractivity contribution is -0.136. The van der Waals surface area contributed by atoms with Crippen molar-refractivity contribution in [3.63, 3.8) is 0 Å². The molecule has 0 fully saturated rings. The average Bonchev–Trinajstić information content (AvgIpc) is 2.33. The number of rotatable bonds is 6. The highest BCUT2D eigenvalue weighted by Gasteiger charge is 2.06. The van der Waals surface area contributed by atoms with Crippen LogP contribution in [0.5, 0.6) is 5.75 Å². The molecule has 0 atom stereocenters. The highest BCUT2D eigenvalue weighted by Crippen LogP contribution is 2.21. The minimum absolute atomic E-state index is 0.126. The van der Waals surface area contributed by atoms with Gasteiger partial charge < -0.3 is 15.3 Å². The van der Waals surface area contributed by atoms with Crippen LogP contribution in [0.1, 0.15) is 16.7 Å². The van der Waals surface area contributed by atoms with Crippen LogP contribution in [0.2, 0.25) is 0 Å². The molecule has 0 radical (unpaired) electrons. The van der Waals surface area contributed by atoms with E-state index in [1.54, 1.807) is 19.1 Å². The summed E-state index contributed by atoms with van der Waals surface area (Å²) in [5.41, 5.74) is 1.50. The molecule has 0 aliphatic heterocycles. The molecule has 0 spiro atoms. The van der Waals surface area contributed by atoms with E-state index in [4.69, 9.17) is 10.2 Å². The van der Waals surface area contributed by atoms with Gasteiger partial charge in [-0.3, -0.25) is 19.6 Å². The molecule has 1 rings (SSSR count). The first-order valence-electron chi connectivity index (χ1n) is 5.67. The number of hydrogen-bond acceptors (Lipinski definition) is 5. The fourth-order valence-corrected chi connectivity index (χ4v) is 1.48. The average molecular weight is 278 g/mol. The summed E-state index contributed by atoms with van der Waals surface area (Å²) in [6, 6.07) is 3.27. The van der Waals surface area contributed by atoms with Gasteiger partial charge in [-0.15, -0.1) is 0 Å². The molecule has 7 heteroatoms. The van der Waals surface area contributed by atoms with E-state index in [2.05, 4.69) is 9.98 Å². The Kier molecular flexibility index (Phi) is 5.40. The first-order chi connectivity index (χ1) is 9.40. The van der Waals surface area contributed by atoms with Gasteiger partial charge in [-0.1, -0.05) is 0 Å². The molecule has 3 N–H and O–H groups in total. The van der Waals surface area contributed by atoms with Crippen molar-refractivity contribution in [3.8, 4) is 5.75 Å². The molecule has 0 amide bonds. The smallest absolute Gasteiger partial charge is 0.325 e. The first-order valence-corrected chi connectivity index (χ1v) is 5.67. The predicted octanol–water partition coefficient (Wildman–Crippen LogP) is 0.708. The minimum atomic E-state index is -1.07. The van der Waals surface area contributed by atoms with E-state index >= 15 is 0 Å². The molecular formula is C13H14N2O5. The van der Waals surface area contributed by atoms with Gasteiger partial charge in [0.05, 0.1) is 0 Å².